The van der Waals surface area contributed by atoms with Gasteiger partial charge in [0.25, 0.3) is 0 Å². The van der Waals surface area contributed by atoms with E-state index < -0.39 is 0 Å². The number of aromatic nitrogens is 1. The molecule has 0 amide bonds. The molecule has 4 saturated carbocycles. The van der Waals surface area contributed by atoms with Gasteiger partial charge in [-0.25, -0.2) is 4.98 Å². The fourth-order valence-corrected chi connectivity index (χ4v) is 9.23. The second-order valence-corrected chi connectivity index (χ2v) is 17.3. The molecule has 2 bridgehead atoms. The Morgan fingerprint density at radius 3 is 2.24 bits per heavy atom. The van der Waals surface area contributed by atoms with E-state index in [2.05, 4.69) is 100 Å². The van der Waals surface area contributed by atoms with Crippen molar-refractivity contribution in [3.05, 3.63) is 89.5 Å². The molecule has 5 fully saturated rings. The highest BCUT2D eigenvalue weighted by Gasteiger charge is 2.50. The maximum Gasteiger partial charge on any atom is 0.133 e. The number of rotatable bonds is 12. The first-order valence-electron chi connectivity index (χ1n) is 20.2. The van der Waals surface area contributed by atoms with E-state index in [1.54, 1.807) is 11.8 Å². The second kappa shape index (κ2) is 16.6. The Balaban J connectivity index is 0.000000435. The van der Waals surface area contributed by atoms with Gasteiger partial charge in [0.1, 0.15) is 5.82 Å². The van der Waals surface area contributed by atoms with Gasteiger partial charge in [0.05, 0.1) is 0 Å². The molecule has 1 aromatic heterocycles. The number of nitrogens with zero attached hydrogens (tertiary/aromatic N) is 4. The van der Waals surface area contributed by atoms with E-state index in [4.69, 9.17) is 17.3 Å². The van der Waals surface area contributed by atoms with E-state index in [1.807, 2.05) is 12.4 Å². The van der Waals surface area contributed by atoms with Crippen molar-refractivity contribution in [2.75, 3.05) is 24.5 Å². The van der Waals surface area contributed by atoms with Crippen LogP contribution in [0.3, 0.4) is 0 Å². The zero-order chi connectivity index (χ0) is 36.8. The third kappa shape index (κ3) is 9.00. The van der Waals surface area contributed by atoms with E-state index in [1.165, 1.54) is 113 Å². The van der Waals surface area contributed by atoms with Gasteiger partial charge in [-0.05, 0) is 143 Å². The molecular formula is C46H69N5. The molecule has 0 unspecified atom stereocenters. The van der Waals surface area contributed by atoms with Crippen molar-refractivity contribution in [1.82, 2.24) is 9.88 Å². The van der Waals surface area contributed by atoms with Gasteiger partial charge in [-0.2, -0.15) is 0 Å². The van der Waals surface area contributed by atoms with Gasteiger partial charge in [-0.1, -0.05) is 71.4 Å². The minimum absolute atomic E-state index is 0.228. The Labute approximate surface area is 311 Å². The van der Waals surface area contributed by atoms with Crippen LogP contribution in [0.25, 0.3) is 5.57 Å². The van der Waals surface area contributed by atoms with Crippen LogP contribution in [0.4, 0.5) is 5.82 Å². The molecule has 5 heteroatoms. The molecule has 0 atom stereocenters. The largest absolute Gasteiger partial charge is 0.404 e. The fourth-order valence-electron chi connectivity index (χ4n) is 9.23. The number of aliphatic imine (C=N–C) groups is 1. The van der Waals surface area contributed by atoms with Crippen LogP contribution < -0.4 is 10.6 Å². The Kier molecular flexibility index (Phi) is 12.6. The highest BCUT2D eigenvalue weighted by atomic mass is 15.2. The van der Waals surface area contributed by atoms with Gasteiger partial charge in [0.2, 0.25) is 0 Å². The molecule has 7 rings (SSSR count). The second-order valence-electron chi connectivity index (χ2n) is 17.3. The van der Waals surface area contributed by atoms with Crippen LogP contribution in [0.15, 0.2) is 72.3 Å². The van der Waals surface area contributed by atoms with Gasteiger partial charge in [0, 0.05) is 66.7 Å². The lowest BCUT2D eigenvalue weighted by atomic mass is 9.51. The summed E-state index contributed by atoms with van der Waals surface area (Å²) in [6.07, 6.45) is 22.1. The van der Waals surface area contributed by atoms with Crippen molar-refractivity contribution in [2.45, 2.75) is 143 Å². The molecule has 1 aromatic carbocycles. The Morgan fingerprint density at radius 2 is 1.69 bits per heavy atom. The lowest BCUT2D eigenvalue weighted by Gasteiger charge is -2.55. The Bertz CT molecular complexity index is 1540. The van der Waals surface area contributed by atoms with E-state index >= 15 is 0 Å². The van der Waals surface area contributed by atoms with Crippen molar-refractivity contribution in [1.29, 1.82) is 0 Å². The van der Waals surface area contributed by atoms with E-state index in [9.17, 15) is 0 Å². The minimum Gasteiger partial charge on any atom is -0.404 e. The fraction of sp³-hybridized carbons (Fsp3) is 0.609. The minimum atomic E-state index is 0.228. The molecule has 2 heterocycles. The van der Waals surface area contributed by atoms with Crippen LogP contribution >= 0.6 is 0 Å². The Hall–Kier alpha value is -3.34. The molecule has 4 aliphatic carbocycles. The molecule has 2 aromatic rings. The zero-order valence-corrected chi connectivity index (χ0v) is 33.4. The summed E-state index contributed by atoms with van der Waals surface area (Å²) in [6, 6.07) is 11.8. The number of fused-ring (bicyclic) bond motifs is 3. The molecule has 278 valence electrons. The zero-order valence-electron chi connectivity index (χ0n) is 33.4. The number of aryl methyl sites for hydroxylation is 2. The van der Waals surface area contributed by atoms with Crippen LogP contribution in [0.5, 0.6) is 0 Å². The normalized spacial score (nSPS) is 24.6. The maximum absolute atomic E-state index is 6.07. The van der Waals surface area contributed by atoms with E-state index in [0.29, 0.717) is 22.2 Å². The molecule has 51 heavy (non-hydrogen) atoms. The van der Waals surface area contributed by atoms with Crippen molar-refractivity contribution < 1.29 is 0 Å². The molecule has 2 N–H and O–H groups in total. The van der Waals surface area contributed by atoms with Crippen molar-refractivity contribution in [2.24, 2.45) is 27.5 Å². The summed E-state index contributed by atoms with van der Waals surface area (Å²) in [5, 5.41) is 0. The van der Waals surface area contributed by atoms with Gasteiger partial charge in [0.15, 0.2) is 0 Å². The first-order chi connectivity index (χ1) is 24.3. The van der Waals surface area contributed by atoms with Crippen LogP contribution in [0, 0.1) is 23.7 Å². The van der Waals surface area contributed by atoms with Crippen LogP contribution in [-0.2, 0) is 11.8 Å². The van der Waals surface area contributed by atoms with Crippen molar-refractivity contribution in [3.8, 4) is 0 Å². The summed E-state index contributed by atoms with van der Waals surface area (Å²) < 4.78 is 0. The maximum atomic E-state index is 6.07. The summed E-state index contributed by atoms with van der Waals surface area (Å²) in [7, 11) is 0. The number of anilines is 1. The molecule has 5 aliphatic rings. The molecule has 5 nitrogen and oxygen atoms in total. The van der Waals surface area contributed by atoms with Gasteiger partial charge < -0.3 is 15.5 Å². The highest BCUT2D eigenvalue weighted by Crippen LogP contribution is 2.58. The number of pyridine rings is 1. The number of hydrogen-bond donors (Lipinski definition) is 1. The topological polar surface area (TPSA) is 57.8 Å². The molecule has 1 saturated heterocycles. The van der Waals surface area contributed by atoms with Crippen molar-refractivity contribution in [3.63, 3.8) is 0 Å². The highest BCUT2D eigenvalue weighted by molar-refractivity contribution is 6.09. The van der Waals surface area contributed by atoms with Crippen molar-refractivity contribution >= 4 is 17.6 Å². The van der Waals surface area contributed by atoms with Crippen LogP contribution in [0.1, 0.15) is 141 Å². The lowest BCUT2D eigenvalue weighted by Crippen LogP contribution is -2.52. The molecule has 0 radical (unpaired) electrons. The summed E-state index contributed by atoms with van der Waals surface area (Å²) in [6.45, 7) is 27.5. The number of likely N-dealkylation sites (tertiary alicyclic amines) is 1. The summed E-state index contributed by atoms with van der Waals surface area (Å²) in [5.41, 5.74) is 16.4. The predicted molar refractivity (Wildman–Crippen MR) is 220 cm³/mol. The average molecular weight is 692 g/mol. The monoisotopic (exact) mass is 692 g/mol. The van der Waals surface area contributed by atoms with E-state index in [0.717, 1.165) is 29.9 Å². The first-order valence-corrected chi connectivity index (χ1v) is 20.2. The quantitative estimate of drug-likeness (QED) is 0.225. The summed E-state index contributed by atoms with van der Waals surface area (Å²) in [5.74, 6) is 1.56. The van der Waals surface area contributed by atoms with Gasteiger partial charge in [-0.15, -0.1) is 0 Å². The van der Waals surface area contributed by atoms with Crippen LogP contribution in [-0.4, -0.2) is 41.8 Å². The lowest BCUT2D eigenvalue weighted by molar-refractivity contribution is 0.0437. The summed E-state index contributed by atoms with van der Waals surface area (Å²) >= 11 is 0. The number of benzene rings is 1. The SMILES string of the molecule is C=C(C)N1CC(C)(CC)C1.C=C(C1CCCCC1)N(CC12CCC(c3ccc(CC)c(C)c3)(CC1)CC2)c1cc(/C(C=NC(C)C)=C/N)ccn1. The third-order valence-electron chi connectivity index (χ3n) is 13.2. The Morgan fingerprint density at radius 1 is 1.02 bits per heavy atom. The number of allylic oxidation sites excluding steroid dienone is 3. The van der Waals surface area contributed by atoms with E-state index in [-0.39, 0.29) is 6.04 Å². The number of hydrogen-bond acceptors (Lipinski definition) is 5. The molecular weight excluding hydrogens is 623 g/mol. The van der Waals surface area contributed by atoms with Gasteiger partial charge >= 0.3 is 0 Å². The molecule has 1 aliphatic heterocycles. The first kappa shape index (κ1) is 38.9. The summed E-state index contributed by atoms with van der Waals surface area (Å²) in [4.78, 5) is 14.4. The predicted octanol–water partition coefficient (Wildman–Crippen LogP) is 11.2. The molecule has 0 spiro atoms. The third-order valence-corrected chi connectivity index (χ3v) is 13.2. The number of nitrogens with two attached hydrogens (primary N) is 1. The van der Waals surface area contributed by atoms with Gasteiger partial charge in [-0.3, -0.25) is 4.99 Å². The van der Waals surface area contributed by atoms with Crippen LogP contribution in [0.2, 0.25) is 0 Å². The average Bonchev–Trinajstić information content (AvgIpc) is 3.14. The smallest absolute Gasteiger partial charge is 0.133 e. The standard InChI is InChI=1S/C37H52N4.C9H17N/c1-6-30-12-13-34(22-28(30)4)37-18-15-36(16-19-37,17-20-37)26-41(29(5)31-10-8-7-9-11-31)35-23-32(14-21-39-35)33(24-38)25-40-27(2)3;1-5-9(4)6-10(7-9)8(2)3/h12-14,21-25,27,31H,5-11,15-20,26,38H2,1-4H3;2,5-7H2,1,3-4H3/b33-24+,40-25?;.